The molecule has 140 valence electrons. The maximum Gasteiger partial charge on any atom is 0.268 e. The summed E-state index contributed by atoms with van der Waals surface area (Å²) in [6, 6.07) is 11.9. The molecule has 7 heteroatoms. The number of allylic oxidation sites excluding steroid dienone is 1. The molecule has 3 aromatic rings. The topological polar surface area (TPSA) is 59.4 Å². The van der Waals surface area contributed by atoms with Gasteiger partial charge >= 0.3 is 0 Å². The van der Waals surface area contributed by atoms with E-state index in [1.807, 2.05) is 21.0 Å². The van der Waals surface area contributed by atoms with Crippen molar-refractivity contribution in [2.75, 3.05) is 14.1 Å². The monoisotopic (exact) mass is 446 g/mol. The number of aromatic nitrogens is 1. The van der Waals surface area contributed by atoms with E-state index in [1.54, 1.807) is 53.6 Å². The molecule has 0 fully saturated rings. The van der Waals surface area contributed by atoms with Gasteiger partial charge in [0.25, 0.3) is 10.0 Å². The fourth-order valence-corrected chi connectivity index (χ4v) is 4.41. The van der Waals surface area contributed by atoms with Crippen LogP contribution in [0.2, 0.25) is 0 Å². The Kier molecular flexibility index (Phi) is 5.26. The number of rotatable bonds is 5. The molecule has 0 aliphatic rings. The van der Waals surface area contributed by atoms with Gasteiger partial charge in [0.1, 0.15) is 0 Å². The molecule has 0 unspecified atom stereocenters. The van der Waals surface area contributed by atoms with Crippen LogP contribution in [-0.4, -0.2) is 37.2 Å². The van der Waals surface area contributed by atoms with Crippen molar-refractivity contribution in [2.24, 2.45) is 0 Å². The zero-order valence-corrected chi connectivity index (χ0v) is 17.6. The van der Waals surface area contributed by atoms with E-state index in [0.717, 1.165) is 10.0 Å². The second-order valence-corrected chi connectivity index (χ2v) is 9.19. The fourth-order valence-electron chi connectivity index (χ4n) is 2.70. The highest BCUT2D eigenvalue weighted by atomic mass is 79.9. The van der Waals surface area contributed by atoms with E-state index >= 15 is 0 Å². The van der Waals surface area contributed by atoms with Crippen LogP contribution in [-0.2, 0) is 10.0 Å². The van der Waals surface area contributed by atoms with Crippen LogP contribution < -0.4 is 0 Å². The van der Waals surface area contributed by atoms with Crippen LogP contribution in [0.5, 0.6) is 0 Å². The molecule has 0 N–H and O–H groups in total. The number of halogens is 1. The Labute approximate surface area is 167 Å². The first-order valence-electron chi connectivity index (χ1n) is 8.22. The largest absolute Gasteiger partial charge is 0.383 e. The summed E-state index contributed by atoms with van der Waals surface area (Å²) in [5.74, 6) is -0.256. The highest BCUT2D eigenvalue weighted by Gasteiger charge is 2.23. The lowest BCUT2D eigenvalue weighted by atomic mass is 10.1. The van der Waals surface area contributed by atoms with E-state index in [1.165, 1.54) is 16.2 Å². The van der Waals surface area contributed by atoms with Crippen molar-refractivity contribution in [3.05, 3.63) is 76.5 Å². The third-order valence-corrected chi connectivity index (χ3v) is 6.28. The summed E-state index contributed by atoms with van der Waals surface area (Å²) in [6.07, 6.45) is 4.47. The number of carbonyl (C=O) groups is 1. The lowest BCUT2D eigenvalue weighted by Crippen LogP contribution is -2.12. The second kappa shape index (κ2) is 7.32. The van der Waals surface area contributed by atoms with Gasteiger partial charge in [-0.1, -0.05) is 39.7 Å². The zero-order valence-electron chi connectivity index (χ0n) is 15.2. The van der Waals surface area contributed by atoms with Gasteiger partial charge in [0.15, 0.2) is 5.78 Å². The van der Waals surface area contributed by atoms with Crippen LogP contribution in [0.15, 0.2) is 70.3 Å². The maximum absolute atomic E-state index is 13.2. The lowest BCUT2D eigenvalue weighted by molar-refractivity contribution is 0.104. The van der Waals surface area contributed by atoms with Crippen LogP contribution in [0, 0.1) is 6.92 Å². The van der Waals surface area contributed by atoms with E-state index in [0.29, 0.717) is 16.5 Å². The number of fused-ring (bicyclic) bond motifs is 1. The van der Waals surface area contributed by atoms with Crippen LogP contribution in [0.4, 0.5) is 0 Å². The normalized spacial score (nSPS) is 12.0. The Bertz CT molecular complexity index is 1140. The highest BCUT2D eigenvalue weighted by Crippen LogP contribution is 2.29. The van der Waals surface area contributed by atoms with Crippen molar-refractivity contribution in [3.8, 4) is 0 Å². The average Bonchev–Trinajstić information content (AvgIpc) is 2.99. The first-order valence-corrected chi connectivity index (χ1v) is 10.5. The van der Waals surface area contributed by atoms with Crippen LogP contribution in [0.3, 0.4) is 0 Å². The quantitative estimate of drug-likeness (QED) is 0.435. The molecular formula is C20H19BrN2O3S. The number of carbonyl (C=O) groups excluding carboxylic acids is 1. The Morgan fingerprint density at radius 1 is 1.11 bits per heavy atom. The second-order valence-electron chi connectivity index (χ2n) is 6.46. The zero-order chi connectivity index (χ0) is 19.8. The molecule has 2 aromatic carbocycles. The molecule has 0 aliphatic heterocycles. The van der Waals surface area contributed by atoms with E-state index < -0.39 is 10.0 Å². The Morgan fingerprint density at radius 2 is 1.78 bits per heavy atom. The van der Waals surface area contributed by atoms with Crippen LogP contribution in [0.1, 0.15) is 15.9 Å². The summed E-state index contributed by atoms with van der Waals surface area (Å²) in [7, 11) is -0.211. The summed E-state index contributed by atoms with van der Waals surface area (Å²) in [5, 5.41) is 0.585. The van der Waals surface area contributed by atoms with E-state index in [-0.39, 0.29) is 10.7 Å². The van der Waals surface area contributed by atoms with Gasteiger partial charge in [0.05, 0.1) is 10.4 Å². The number of hydrogen-bond acceptors (Lipinski definition) is 4. The van der Waals surface area contributed by atoms with Crippen molar-refractivity contribution < 1.29 is 13.2 Å². The number of aryl methyl sites for hydroxylation is 1. The molecule has 0 amide bonds. The number of ketones is 1. The minimum atomic E-state index is -3.83. The molecule has 0 radical (unpaired) electrons. The molecule has 0 atom stereocenters. The van der Waals surface area contributed by atoms with Gasteiger partial charge in [-0.05, 0) is 31.2 Å². The lowest BCUT2D eigenvalue weighted by Gasteiger charge is -2.08. The smallest absolute Gasteiger partial charge is 0.268 e. The molecule has 0 saturated carbocycles. The number of benzene rings is 2. The average molecular weight is 447 g/mol. The highest BCUT2D eigenvalue weighted by molar-refractivity contribution is 9.10. The van der Waals surface area contributed by atoms with E-state index in [2.05, 4.69) is 15.9 Å². The minimum Gasteiger partial charge on any atom is -0.383 e. The molecular weight excluding hydrogens is 428 g/mol. The van der Waals surface area contributed by atoms with Crippen LogP contribution in [0.25, 0.3) is 10.9 Å². The molecule has 27 heavy (non-hydrogen) atoms. The number of hydrogen-bond donors (Lipinski definition) is 0. The predicted octanol–water partition coefficient (Wildman–Crippen LogP) is 4.21. The molecule has 0 spiro atoms. The van der Waals surface area contributed by atoms with E-state index in [4.69, 9.17) is 0 Å². The summed E-state index contributed by atoms with van der Waals surface area (Å²) >= 11 is 3.38. The van der Waals surface area contributed by atoms with Crippen LogP contribution >= 0.6 is 15.9 Å². The Hall–Kier alpha value is -2.38. The van der Waals surface area contributed by atoms with Gasteiger partial charge in [-0.15, -0.1) is 0 Å². The van der Waals surface area contributed by atoms with Gasteiger partial charge < -0.3 is 4.90 Å². The van der Waals surface area contributed by atoms with Gasteiger partial charge in [-0.2, -0.15) is 0 Å². The van der Waals surface area contributed by atoms with Crippen molar-refractivity contribution in [3.63, 3.8) is 0 Å². The van der Waals surface area contributed by atoms with E-state index in [9.17, 15) is 13.2 Å². The standard InChI is InChI=1S/C20H19BrN2O3S/c1-14-4-7-16(8-5-14)27(25,26)23-13-18(20(24)10-11-22(2)3)17-9-6-15(21)12-19(17)23/h4-13H,1-3H3/b11-10+. The van der Waals surface area contributed by atoms with Gasteiger partial charge in [0, 0.05) is 48.0 Å². The third kappa shape index (κ3) is 3.84. The Morgan fingerprint density at radius 3 is 2.41 bits per heavy atom. The number of nitrogens with zero attached hydrogens (tertiary/aromatic N) is 2. The van der Waals surface area contributed by atoms with Crippen molar-refractivity contribution in [1.82, 2.24) is 8.87 Å². The molecule has 5 nitrogen and oxygen atoms in total. The van der Waals surface area contributed by atoms with Crippen molar-refractivity contribution >= 4 is 42.6 Å². The minimum absolute atomic E-state index is 0.174. The third-order valence-electron chi connectivity index (χ3n) is 4.10. The summed E-state index contributed by atoms with van der Waals surface area (Å²) in [5.41, 5.74) is 1.76. The first-order chi connectivity index (χ1) is 12.7. The predicted molar refractivity (Wildman–Crippen MR) is 111 cm³/mol. The van der Waals surface area contributed by atoms with Crippen molar-refractivity contribution in [2.45, 2.75) is 11.8 Å². The molecule has 1 aromatic heterocycles. The molecule has 0 aliphatic carbocycles. The van der Waals surface area contributed by atoms with Gasteiger partial charge in [-0.25, -0.2) is 12.4 Å². The fraction of sp³-hybridized carbons (Fsp3) is 0.150. The molecule has 1 heterocycles. The van der Waals surface area contributed by atoms with Gasteiger partial charge in [0.2, 0.25) is 0 Å². The first kappa shape index (κ1) is 19.4. The summed E-state index contributed by atoms with van der Waals surface area (Å²) in [4.78, 5) is 14.6. The SMILES string of the molecule is Cc1ccc(S(=O)(=O)n2cc(C(=O)/C=C/N(C)C)c3ccc(Br)cc32)cc1. The van der Waals surface area contributed by atoms with Gasteiger partial charge in [-0.3, -0.25) is 4.79 Å². The molecule has 0 bridgehead atoms. The van der Waals surface area contributed by atoms with Crippen molar-refractivity contribution in [1.29, 1.82) is 0 Å². The molecule has 3 rings (SSSR count). The Balaban J connectivity index is 2.23. The summed E-state index contributed by atoms with van der Waals surface area (Å²) < 4.78 is 28.3. The molecule has 0 saturated heterocycles. The summed E-state index contributed by atoms with van der Waals surface area (Å²) in [6.45, 7) is 1.90. The maximum atomic E-state index is 13.2.